The van der Waals surface area contributed by atoms with Crippen molar-refractivity contribution >= 4 is 23.6 Å². The zero-order chi connectivity index (χ0) is 31.4. The second-order valence-electron chi connectivity index (χ2n) is 13.3. The minimum absolute atomic E-state index is 0.0178. The number of nitrogens with one attached hydrogen (secondary N) is 3. The highest BCUT2D eigenvalue weighted by Crippen LogP contribution is 2.60. The summed E-state index contributed by atoms with van der Waals surface area (Å²) in [4.78, 5) is 54.2. The topological polar surface area (TPSA) is 154 Å². The molecule has 10 heteroatoms. The molecule has 4 saturated carbocycles. The van der Waals surface area contributed by atoms with Crippen molar-refractivity contribution in [3.05, 3.63) is 65.7 Å². The van der Waals surface area contributed by atoms with Crippen LogP contribution >= 0.6 is 0 Å². The Morgan fingerprint density at radius 1 is 0.886 bits per heavy atom. The van der Waals surface area contributed by atoms with Crippen LogP contribution in [0.2, 0.25) is 0 Å². The molecule has 4 amide bonds. The van der Waals surface area contributed by atoms with Crippen LogP contribution in [0.3, 0.4) is 0 Å². The summed E-state index contributed by atoms with van der Waals surface area (Å²) in [5.74, 6) is 0.724. The maximum Gasteiger partial charge on any atom is 0.246 e. The molecule has 0 aliphatic heterocycles. The third-order valence-electron chi connectivity index (χ3n) is 9.80. The SMILES string of the molecule is C[C@@H](NC(=O)[C@@H](N)Cc1ccc(O)cc1)C(=O)N(C)[C@@H](Cc1ccccc1)NC(=O)CNC(=O)C12CC3CC(CC(C3)C1)C2. The van der Waals surface area contributed by atoms with Crippen molar-refractivity contribution in [3.63, 3.8) is 0 Å². The Morgan fingerprint density at radius 3 is 2.05 bits per heavy atom. The maximum absolute atomic E-state index is 13.5. The van der Waals surface area contributed by atoms with E-state index in [1.165, 1.54) is 36.3 Å². The Labute approximate surface area is 259 Å². The van der Waals surface area contributed by atoms with E-state index in [1.54, 1.807) is 26.1 Å². The van der Waals surface area contributed by atoms with Gasteiger partial charge in [-0.05, 0) is 92.9 Å². The molecule has 236 valence electrons. The summed E-state index contributed by atoms with van der Waals surface area (Å²) < 4.78 is 0. The summed E-state index contributed by atoms with van der Waals surface area (Å²) in [6.07, 6.45) is 6.34. The first-order chi connectivity index (χ1) is 21.0. The Balaban J connectivity index is 1.18. The molecule has 0 aromatic heterocycles. The summed E-state index contributed by atoms with van der Waals surface area (Å²) in [6, 6.07) is 14.1. The molecular formula is C34H45N5O5. The van der Waals surface area contributed by atoms with Gasteiger partial charge < -0.3 is 31.7 Å². The van der Waals surface area contributed by atoms with Gasteiger partial charge in [-0.15, -0.1) is 0 Å². The van der Waals surface area contributed by atoms with Gasteiger partial charge in [0.15, 0.2) is 0 Å². The summed E-state index contributed by atoms with van der Waals surface area (Å²) >= 11 is 0. The molecule has 44 heavy (non-hydrogen) atoms. The molecule has 4 bridgehead atoms. The van der Waals surface area contributed by atoms with Crippen molar-refractivity contribution in [2.75, 3.05) is 13.6 Å². The number of carbonyl (C=O) groups is 4. The predicted molar refractivity (Wildman–Crippen MR) is 166 cm³/mol. The van der Waals surface area contributed by atoms with E-state index >= 15 is 0 Å². The lowest BCUT2D eigenvalue weighted by Gasteiger charge is -2.55. The molecule has 0 saturated heterocycles. The fourth-order valence-electron chi connectivity index (χ4n) is 7.92. The van der Waals surface area contributed by atoms with Gasteiger partial charge in [0.1, 0.15) is 18.0 Å². The van der Waals surface area contributed by atoms with E-state index in [0.29, 0.717) is 24.2 Å². The number of nitrogens with zero attached hydrogens (tertiary/aromatic N) is 1. The quantitative estimate of drug-likeness (QED) is 0.235. The highest BCUT2D eigenvalue weighted by atomic mass is 16.3. The number of benzene rings is 2. The standard InChI is InChI=1S/C34H45N5O5/c1-21(37-31(42)28(35)15-23-8-10-27(40)11-9-23)32(43)39(2)29(16-22-6-4-3-5-7-22)38-30(41)20-36-33(44)34-17-24-12-25(18-34)14-26(13-24)19-34/h3-11,21,24-26,28-29,40H,12-20,35H2,1-2H3,(H,36,44)(H,37,42)(H,38,41)/t21-,24?,25?,26?,28+,29+,34?/m1/s1. The number of carbonyl (C=O) groups excluding carboxylic acids is 4. The van der Waals surface area contributed by atoms with Gasteiger partial charge in [-0.25, -0.2) is 0 Å². The fourth-order valence-corrected chi connectivity index (χ4v) is 7.92. The van der Waals surface area contributed by atoms with Crippen LogP contribution in [0.5, 0.6) is 5.75 Å². The first-order valence-corrected chi connectivity index (χ1v) is 15.7. The van der Waals surface area contributed by atoms with Gasteiger partial charge in [0, 0.05) is 18.9 Å². The molecule has 2 aromatic carbocycles. The Morgan fingerprint density at radius 2 is 1.45 bits per heavy atom. The van der Waals surface area contributed by atoms with Gasteiger partial charge in [0.25, 0.3) is 0 Å². The Hall–Kier alpha value is -3.92. The Bertz CT molecular complexity index is 1310. The molecule has 4 aliphatic rings. The number of rotatable bonds is 12. The second kappa shape index (κ2) is 13.4. The lowest BCUT2D eigenvalue weighted by atomic mass is 9.49. The molecule has 4 fully saturated rings. The summed E-state index contributed by atoms with van der Waals surface area (Å²) in [5, 5.41) is 18.0. The van der Waals surface area contributed by atoms with Gasteiger partial charge in [-0.2, -0.15) is 0 Å². The summed E-state index contributed by atoms with van der Waals surface area (Å²) in [5.41, 5.74) is 7.45. The third-order valence-corrected chi connectivity index (χ3v) is 9.80. The van der Waals surface area contributed by atoms with Gasteiger partial charge in [0.2, 0.25) is 23.6 Å². The van der Waals surface area contributed by atoms with Crippen LogP contribution in [0.4, 0.5) is 0 Å². The minimum Gasteiger partial charge on any atom is -0.508 e. The van der Waals surface area contributed by atoms with Crippen molar-refractivity contribution in [3.8, 4) is 5.75 Å². The van der Waals surface area contributed by atoms with E-state index in [0.717, 1.165) is 30.4 Å². The van der Waals surface area contributed by atoms with Crippen molar-refractivity contribution in [2.45, 2.75) is 76.5 Å². The van der Waals surface area contributed by atoms with Crippen LogP contribution in [0.25, 0.3) is 0 Å². The van der Waals surface area contributed by atoms with E-state index in [1.807, 2.05) is 30.3 Å². The van der Waals surface area contributed by atoms with Gasteiger partial charge in [-0.1, -0.05) is 42.5 Å². The van der Waals surface area contributed by atoms with E-state index in [-0.39, 0.29) is 35.9 Å². The van der Waals surface area contributed by atoms with Crippen LogP contribution in [0.1, 0.15) is 56.6 Å². The predicted octanol–water partition coefficient (Wildman–Crippen LogP) is 2.24. The highest BCUT2D eigenvalue weighted by Gasteiger charge is 2.54. The lowest BCUT2D eigenvalue weighted by molar-refractivity contribution is -0.147. The van der Waals surface area contributed by atoms with Crippen LogP contribution in [0, 0.1) is 23.2 Å². The van der Waals surface area contributed by atoms with Gasteiger partial charge in [-0.3, -0.25) is 19.2 Å². The normalized spacial score (nSPS) is 25.4. The zero-order valence-corrected chi connectivity index (χ0v) is 25.6. The maximum atomic E-state index is 13.5. The van der Waals surface area contributed by atoms with E-state index in [9.17, 15) is 24.3 Å². The minimum atomic E-state index is -0.899. The number of likely N-dealkylation sites (N-methyl/N-ethyl adjacent to an activating group) is 1. The third kappa shape index (κ3) is 7.41. The number of nitrogens with two attached hydrogens (primary N) is 1. The van der Waals surface area contributed by atoms with Crippen molar-refractivity contribution in [1.29, 1.82) is 0 Å². The van der Waals surface area contributed by atoms with Crippen molar-refractivity contribution < 1.29 is 24.3 Å². The average Bonchev–Trinajstić information content (AvgIpc) is 2.99. The number of phenolic OH excluding ortho intramolecular Hbond substituents is 1. The molecule has 0 heterocycles. The van der Waals surface area contributed by atoms with E-state index < -0.39 is 30.1 Å². The second-order valence-corrected chi connectivity index (χ2v) is 13.3. The average molecular weight is 604 g/mol. The van der Waals surface area contributed by atoms with Crippen LogP contribution in [-0.4, -0.2) is 65.5 Å². The molecule has 0 radical (unpaired) electrons. The van der Waals surface area contributed by atoms with Crippen molar-refractivity contribution in [2.24, 2.45) is 28.9 Å². The molecule has 3 atom stereocenters. The van der Waals surface area contributed by atoms with Crippen LogP contribution in [-0.2, 0) is 32.0 Å². The monoisotopic (exact) mass is 603 g/mol. The van der Waals surface area contributed by atoms with Gasteiger partial charge in [0.05, 0.1) is 12.6 Å². The molecule has 0 unspecified atom stereocenters. The molecular weight excluding hydrogens is 558 g/mol. The zero-order valence-electron chi connectivity index (χ0n) is 25.6. The Kier molecular flexibility index (Phi) is 9.58. The first-order valence-electron chi connectivity index (χ1n) is 15.7. The fraction of sp³-hybridized carbons (Fsp3) is 0.529. The lowest BCUT2D eigenvalue weighted by Crippen LogP contribution is -2.58. The van der Waals surface area contributed by atoms with Crippen LogP contribution in [0.15, 0.2) is 54.6 Å². The number of phenols is 1. The largest absolute Gasteiger partial charge is 0.508 e. The summed E-state index contributed by atoms with van der Waals surface area (Å²) in [7, 11) is 1.59. The molecule has 10 nitrogen and oxygen atoms in total. The molecule has 2 aromatic rings. The van der Waals surface area contributed by atoms with Gasteiger partial charge >= 0.3 is 0 Å². The molecule has 4 aliphatic carbocycles. The smallest absolute Gasteiger partial charge is 0.246 e. The number of aromatic hydroxyl groups is 1. The van der Waals surface area contributed by atoms with Crippen molar-refractivity contribution in [1.82, 2.24) is 20.9 Å². The first kappa shape index (κ1) is 31.5. The highest BCUT2D eigenvalue weighted by molar-refractivity contribution is 5.90. The van der Waals surface area contributed by atoms with E-state index in [2.05, 4.69) is 16.0 Å². The van der Waals surface area contributed by atoms with Crippen LogP contribution < -0.4 is 21.7 Å². The van der Waals surface area contributed by atoms with E-state index in [4.69, 9.17) is 5.73 Å². The number of hydrogen-bond donors (Lipinski definition) is 5. The number of hydrogen-bond acceptors (Lipinski definition) is 6. The molecule has 6 N–H and O–H groups in total. The number of amides is 4. The molecule has 0 spiro atoms. The molecule has 6 rings (SSSR count). The summed E-state index contributed by atoms with van der Waals surface area (Å²) in [6.45, 7) is 1.42.